The van der Waals surface area contributed by atoms with Crippen molar-refractivity contribution in [2.75, 3.05) is 37.6 Å². The lowest BCUT2D eigenvalue weighted by molar-refractivity contribution is 0.260. The van der Waals surface area contributed by atoms with Gasteiger partial charge in [0.15, 0.2) is 5.75 Å². The number of rotatable bonds is 5. The number of hydrogen-bond acceptors (Lipinski definition) is 5. The maximum Gasteiger partial charge on any atom is 0.151 e. The summed E-state index contributed by atoms with van der Waals surface area (Å²) in [7, 11) is 0. The van der Waals surface area contributed by atoms with Crippen LogP contribution in [-0.4, -0.2) is 47.0 Å². The van der Waals surface area contributed by atoms with E-state index in [1.54, 1.807) is 11.5 Å². The van der Waals surface area contributed by atoms with Crippen LogP contribution in [0.1, 0.15) is 5.56 Å². The number of fused-ring (bicyclic) bond motifs is 2. The smallest absolute Gasteiger partial charge is 0.151 e. The minimum atomic E-state index is 0. The molecule has 4 aromatic rings. The van der Waals surface area contributed by atoms with Gasteiger partial charge >= 0.3 is 0 Å². The van der Waals surface area contributed by atoms with Crippen LogP contribution in [0, 0.1) is 0 Å². The third-order valence-corrected chi connectivity index (χ3v) is 6.53. The van der Waals surface area contributed by atoms with Gasteiger partial charge in [-0.15, -0.1) is 12.4 Å². The molecule has 8 heteroatoms. The predicted molar refractivity (Wildman–Crippen MR) is 124 cm³/mol. The SMILES string of the molecule is Cl.ClOc1cc2[nH]ccc2cc1CCN1CCN(c2nsc3ccccc23)CC1. The fourth-order valence-corrected chi connectivity index (χ4v) is 4.90. The molecule has 152 valence electrons. The Hall–Kier alpha value is -1.99. The van der Waals surface area contributed by atoms with E-state index in [1.807, 2.05) is 12.3 Å². The van der Waals surface area contributed by atoms with Crippen molar-refractivity contribution in [2.24, 2.45) is 0 Å². The van der Waals surface area contributed by atoms with Gasteiger partial charge in [-0.1, -0.05) is 12.1 Å². The molecule has 1 fully saturated rings. The summed E-state index contributed by atoms with van der Waals surface area (Å²) < 4.78 is 11.0. The first-order valence-corrected chi connectivity index (χ1v) is 10.6. The van der Waals surface area contributed by atoms with E-state index >= 15 is 0 Å². The van der Waals surface area contributed by atoms with Crippen molar-refractivity contribution in [3.8, 4) is 5.75 Å². The second kappa shape index (κ2) is 8.79. The molecule has 5 rings (SSSR count). The summed E-state index contributed by atoms with van der Waals surface area (Å²) in [4.78, 5) is 8.11. The van der Waals surface area contributed by atoms with E-state index in [0.717, 1.165) is 61.8 Å². The van der Waals surface area contributed by atoms with Crippen LogP contribution in [0.4, 0.5) is 5.82 Å². The van der Waals surface area contributed by atoms with Gasteiger partial charge in [-0.05, 0) is 53.2 Å². The Morgan fingerprint density at radius 3 is 2.76 bits per heavy atom. The van der Waals surface area contributed by atoms with E-state index in [1.165, 1.54) is 15.5 Å². The Morgan fingerprint density at radius 2 is 1.93 bits per heavy atom. The van der Waals surface area contributed by atoms with Gasteiger partial charge in [-0.3, -0.25) is 4.90 Å². The molecule has 0 unspecified atom stereocenters. The monoisotopic (exact) mass is 448 g/mol. The third-order valence-electron chi connectivity index (χ3n) is 5.55. The van der Waals surface area contributed by atoms with Gasteiger partial charge in [0.1, 0.15) is 17.7 Å². The number of aromatic amines is 1. The maximum atomic E-state index is 5.70. The predicted octanol–water partition coefficient (Wildman–Crippen LogP) is 5.10. The largest absolute Gasteiger partial charge is 0.385 e. The number of piperazine rings is 1. The van der Waals surface area contributed by atoms with E-state index in [9.17, 15) is 0 Å². The highest BCUT2D eigenvalue weighted by Gasteiger charge is 2.21. The highest BCUT2D eigenvalue weighted by Crippen LogP contribution is 2.30. The van der Waals surface area contributed by atoms with Crippen molar-refractivity contribution in [3.05, 3.63) is 54.2 Å². The molecule has 0 bridgehead atoms. The molecule has 3 heterocycles. The van der Waals surface area contributed by atoms with E-state index in [0.29, 0.717) is 0 Å². The number of nitrogens with zero attached hydrogens (tertiary/aromatic N) is 3. The summed E-state index contributed by atoms with van der Waals surface area (Å²) in [5.74, 6) is 1.88. The lowest BCUT2D eigenvalue weighted by Crippen LogP contribution is -2.47. The van der Waals surface area contributed by atoms with Crippen LogP contribution >= 0.6 is 35.8 Å². The fourth-order valence-electron chi connectivity index (χ4n) is 3.96. The van der Waals surface area contributed by atoms with Crippen LogP contribution in [0.25, 0.3) is 21.0 Å². The first-order valence-electron chi connectivity index (χ1n) is 9.52. The standard InChI is InChI=1S/C21H21ClN4OS.ClH/c22-27-19-14-18-15(5-7-23-18)13-16(19)6-8-25-9-11-26(12-10-25)21-17-3-1-2-4-20(17)28-24-21;/h1-5,7,13-14,23H,6,8-12H2;1H. The molecule has 0 saturated carbocycles. The molecule has 2 aromatic heterocycles. The summed E-state index contributed by atoms with van der Waals surface area (Å²) in [6, 6.07) is 14.7. The van der Waals surface area contributed by atoms with Crippen LogP contribution in [0.5, 0.6) is 5.75 Å². The lowest BCUT2D eigenvalue weighted by Gasteiger charge is -2.35. The molecule has 29 heavy (non-hydrogen) atoms. The van der Waals surface area contributed by atoms with Gasteiger partial charge in [0.2, 0.25) is 0 Å². The summed E-state index contributed by atoms with van der Waals surface area (Å²) in [5, 5.41) is 2.46. The molecule has 1 aliphatic rings. The number of benzene rings is 2. The van der Waals surface area contributed by atoms with Crippen LogP contribution in [0.15, 0.2) is 48.7 Å². The molecule has 1 aliphatic heterocycles. The molecular formula is C21H22Cl2N4OS. The summed E-state index contributed by atoms with van der Waals surface area (Å²) >= 11 is 7.29. The van der Waals surface area contributed by atoms with Crippen molar-refractivity contribution in [1.29, 1.82) is 0 Å². The lowest BCUT2D eigenvalue weighted by atomic mass is 10.1. The highest BCUT2D eigenvalue weighted by atomic mass is 35.5. The Bertz CT molecular complexity index is 1100. The van der Waals surface area contributed by atoms with E-state index in [2.05, 4.69) is 51.2 Å². The molecule has 1 saturated heterocycles. The van der Waals surface area contributed by atoms with Crippen molar-refractivity contribution in [2.45, 2.75) is 6.42 Å². The maximum absolute atomic E-state index is 5.70. The fraction of sp³-hybridized carbons (Fsp3) is 0.286. The first-order chi connectivity index (χ1) is 13.8. The van der Waals surface area contributed by atoms with Crippen LogP contribution < -0.4 is 9.19 Å². The first kappa shape index (κ1) is 20.3. The minimum Gasteiger partial charge on any atom is -0.385 e. The molecule has 0 atom stereocenters. The zero-order valence-corrected chi connectivity index (χ0v) is 18.2. The quantitative estimate of drug-likeness (QED) is 0.461. The van der Waals surface area contributed by atoms with Crippen LogP contribution in [-0.2, 0) is 6.42 Å². The molecule has 0 amide bonds. The molecule has 5 nitrogen and oxygen atoms in total. The Morgan fingerprint density at radius 1 is 1.10 bits per heavy atom. The molecule has 0 radical (unpaired) electrons. The van der Waals surface area contributed by atoms with Gasteiger partial charge in [0.05, 0.1) is 4.70 Å². The Labute approximate surface area is 185 Å². The third kappa shape index (κ3) is 4.03. The molecule has 0 aliphatic carbocycles. The zero-order valence-electron chi connectivity index (χ0n) is 15.8. The van der Waals surface area contributed by atoms with Crippen molar-refractivity contribution >= 4 is 62.6 Å². The molecule has 1 N–H and O–H groups in total. The van der Waals surface area contributed by atoms with Gasteiger partial charge in [-0.2, -0.15) is 4.37 Å². The second-order valence-corrected chi connectivity index (χ2v) is 8.14. The van der Waals surface area contributed by atoms with E-state index in [-0.39, 0.29) is 12.4 Å². The summed E-state index contributed by atoms with van der Waals surface area (Å²) in [6.45, 7) is 5.08. The van der Waals surface area contributed by atoms with Gasteiger partial charge in [-0.25, -0.2) is 0 Å². The number of nitrogens with one attached hydrogen (secondary N) is 1. The van der Waals surface area contributed by atoms with E-state index < -0.39 is 0 Å². The number of H-pyrrole nitrogens is 1. The normalized spacial score (nSPS) is 15.0. The Balaban J connectivity index is 0.00000205. The highest BCUT2D eigenvalue weighted by molar-refractivity contribution is 7.13. The van der Waals surface area contributed by atoms with Crippen molar-refractivity contribution in [1.82, 2.24) is 14.3 Å². The summed E-state index contributed by atoms with van der Waals surface area (Å²) in [5.41, 5.74) is 2.19. The molecule has 0 spiro atoms. The number of hydrogen-bond donors (Lipinski definition) is 1. The number of aromatic nitrogens is 2. The van der Waals surface area contributed by atoms with Crippen LogP contribution in [0.3, 0.4) is 0 Å². The number of anilines is 1. The Kier molecular flexibility index (Phi) is 6.15. The second-order valence-electron chi connectivity index (χ2n) is 7.18. The van der Waals surface area contributed by atoms with Crippen molar-refractivity contribution in [3.63, 3.8) is 0 Å². The minimum absolute atomic E-state index is 0. The number of halogens is 2. The van der Waals surface area contributed by atoms with Crippen molar-refractivity contribution < 1.29 is 4.29 Å². The molecule has 2 aromatic carbocycles. The zero-order chi connectivity index (χ0) is 18.9. The molecular weight excluding hydrogens is 427 g/mol. The van der Waals surface area contributed by atoms with Gasteiger partial charge < -0.3 is 14.2 Å². The average Bonchev–Trinajstić information content (AvgIpc) is 3.38. The van der Waals surface area contributed by atoms with Gasteiger partial charge in [0, 0.05) is 55.9 Å². The average molecular weight is 449 g/mol. The summed E-state index contributed by atoms with van der Waals surface area (Å²) in [6.07, 6.45) is 2.86. The van der Waals surface area contributed by atoms with Gasteiger partial charge in [0.25, 0.3) is 0 Å². The van der Waals surface area contributed by atoms with Crippen LogP contribution in [0.2, 0.25) is 0 Å². The van der Waals surface area contributed by atoms with E-state index in [4.69, 9.17) is 20.5 Å². The topological polar surface area (TPSA) is 44.4 Å².